The van der Waals surface area contributed by atoms with Crippen LogP contribution in [0.1, 0.15) is 82.8 Å². The predicted octanol–water partition coefficient (Wildman–Crippen LogP) is 5.32. The van der Waals surface area contributed by atoms with Crippen molar-refractivity contribution in [3.8, 4) is 6.07 Å². The predicted molar refractivity (Wildman–Crippen MR) is 124 cm³/mol. The first-order valence-corrected chi connectivity index (χ1v) is 11.9. The van der Waals surface area contributed by atoms with Crippen molar-refractivity contribution < 1.29 is 4.79 Å². The highest BCUT2D eigenvalue weighted by atomic mass is 16.2. The second-order valence-corrected chi connectivity index (χ2v) is 10.5. The van der Waals surface area contributed by atoms with Gasteiger partial charge < -0.3 is 15.6 Å². The minimum atomic E-state index is -0.324. The number of hydrogen-bond donors (Lipinski definition) is 2. The number of likely N-dealkylation sites (tertiary alicyclic amines) is 1. The first-order chi connectivity index (χ1) is 14.8. The first-order valence-electron chi connectivity index (χ1n) is 11.9. The van der Waals surface area contributed by atoms with Crippen LogP contribution in [0.3, 0.4) is 0 Å². The van der Waals surface area contributed by atoms with Crippen LogP contribution in [-0.4, -0.2) is 35.7 Å². The standard InChI is InChI=1S/C26H36N4O/c1-16(25(28)24-21(19-8-9-19)6-5-7-22(24)29-4)10-23(31)30-17(2)11-18-12-20(30)14-26(3,13-18)15-27/h5-7,16-20,28-29H,8-14H2,1-4H3. The van der Waals surface area contributed by atoms with Crippen LogP contribution in [0, 0.1) is 34.0 Å². The summed E-state index contributed by atoms with van der Waals surface area (Å²) in [4.78, 5) is 15.5. The lowest BCUT2D eigenvalue weighted by molar-refractivity contribution is -0.142. The number of rotatable bonds is 6. The van der Waals surface area contributed by atoms with E-state index in [4.69, 9.17) is 5.41 Å². The molecule has 1 aliphatic heterocycles. The average molecular weight is 421 g/mol. The molecule has 4 rings (SSSR count). The molecule has 1 saturated heterocycles. The SMILES string of the molecule is CNc1cccc(C2CC2)c1C(=N)C(C)CC(=O)N1C(C)CC2CC1CC(C)(C#N)C2. The van der Waals surface area contributed by atoms with Crippen LogP contribution in [0.4, 0.5) is 5.69 Å². The number of carbonyl (C=O) groups is 1. The number of nitrogens with zero attached hydrogens (tertiary/aromatic N) is 2. The van der Waals surface area contributed by atoms with Gasteiger partial charge in [0.25, 0.3) is 0 Å². The highest BCUT2D eigenvalue weighted by Crippen LogP contribution is 2.47. The molecule has 5 nitrogen and oxygen atoms in total. The number of hydrogen-bond acceptors (Lipinski definition) is 4. The topological polar surface area (TPSA) is 80.0 Å². The molecule has 3 fully saturated rings. The van der Waals surface area contributed by atoms with E-state index in [9.17, 15) is 10.1 Å². The summed E-state index contributed by atoms with van der Waals surface area (Å²) in [6, 6.07) is 9.13. The molecule has 3 aliphatic rings. The monoisotopic (exact) mass is 420 g/mol. The number of amides is 1. The number of piperidine rings is 1. The van der Waals surface area contributed by atoms with Crippen LogP contribution < -0.4 is 5.32 Å². The molecule has 1 amide bonds. The Hall–Kier alpha value is -2.35. The van der Waals surface area contributed by atoms with Crippen LogP contribution in [0.2, 0.25) is 0 Å². The zero-order chi connectivity index (χ0) is 22.3. The Labute approximate surface area is 186 Å². The summed E-state index contributed by atoms with van der Waals surface area (Å²) in [6.07, 6.45) is 6.47. The maximum atomic E-state index is 13.5. The van der Waals surface area contributed by atoms with Crippen molar-refractivity contribution in [3.05, 3.63) is 29.3 Å². The minimum absolute atomic E-state index is 0.143. The Morgan fingerprint density at radius 3 is 2.74 bits per heavy atom. The summed E-state index contributed by atoms with van der Waals surface area (Å²) in [7, 11) is 1.90. The third-order valence-corrected chi connectivity index (χ3v) is 7.76. The Balaban J connectivity index is 1.51. The molecule has 5 heteroatoms. The van der Waals surface area contributed by atoms with E-state index in [-0.39, 0.29) is 29.3 Å². The molecule has 1 aromatic rings. The molecular weight excluding hydrogens is 384 g/mol. The van der Waals surface area contributed by atoms with Gasteiger partial charge in [-0.25, -0.2) is 0 Å². The van der Waals surface area contributed by atoms with Gasteiger partial charge in [-0.1, -0.05) is 19.1 Å². The number of nitriles is 1. The van der Waals surface area contributed by atoms with Crippen LogP contribution in [0.15, 0.2) is 18.2 Å². The van der Waals surface area contributed by atoms with E-state index < -0.39 is 0 Å². The Morgan fingerprint density at radius 2 is 2.10 bits per heavy atom. The van der Waals surface area contributed by atoms with Crippen molar-refractivity contribution >= 4 is 17.3 Å². The molecule has 1 heterocycles. The molecular formula is C26H36N4O. The van der Waals surface area contributed by atoms with Gasteiger partial charge in [0.15, 0.2) is 0 Å². The normalized spacial score (nSPS) is 30.9. The summed E-state index contributed by atoms with van der Waals surface area (Å²) in [5.74, 6) is 1.10. The van der Waals surface area contributed by atoms with Crippen LogP contribution in [0.5, 0.6) is 0 Å². The fraction of sp³-hybridized carbons (Fsp3) is 0.654. The van der Waals surface area contributed by atoms with Crippen molar-refractivity contribution in [2.24, 2.45) is 17.3 Å². The van der Waals surface area contributed by atoms with Crippen molar-refractivity contribution in [2.45, 2.75) is 83.7 Å². The van der Waals surface area contributed by atoms with E-state index in [0.29, 0.717) is 24.0 Å². The summed E-state index contributed by atoms with van der Waals surface area (Å²) in [6.45, 7) is 6.22. The molecule has 5 unspecified atom stereocenters. The first kappa shape index (κ1) is 21.9. The third kappa shape index (κ3) is 4.22. The lowest BCUT2D eigenvalue weighted by Gasteiger charge is -2.51. The van der Waals surface area contributed by atoms with Crippen molar-refractivity contribution in [3.63, 3.8) is 0 Å². The lowest BCUT2D eigenvalue weighted by atomic mass is 9.65. The number of carbonyl (C=O) groups excluding carboxylic acids is 1. The Bertz CT molecular complexity index is 912. The van der Waals surface area contributed by atoms with E-state index in [1.807, 2.05) is 20.0 Å². The average Bonchev–Trinajstić information content (AvgIpc) is 3.57. The fourth-order valence-electron chi connectivity index (χ4n) is 6.21. The molecule has 0 spiro atoms. The van der Waals surface area contributed by atoms with E-state index >= 15 is 0 Å². The van der Waals surface area contributed by atoms with Gasteiger partial charge in [0.2, 0.25) is 5.91 Å². The van der Waals surface area contributed by atoms with E-state index in [1.54, 1.807) is 0 Å². The Morgan fingerprint density at radius 1 is 1.35 bits per heavy atom. The fourth-order valence-corrected chi connectivity index (χ4v) is 6.21. The van der Waals surface area contributed by atoms with Gasteiger partial charge in [-0.3, -0.25) is 4.79 Å². The second-order valence-electron chi connectivity index (χ2n) is 10.5. The number of fused-ring (bicyclic) bond motifs is 2. The van der Waals surface area contributed by atoms with Gasteiger partial charge in [0.05, 0.1) is 11.5 Å². The number of nitrogens with one attached hydrogen (secondary N) is 2. The van der Waals surface area contributed by atoms with Crippen molar-refractivity contribution in [1.29, 1.82) is 10.7 Å². The number of anilines is 1. The largest absolute Gasteiger partial charge is 0.388 e. The maximum Gasteiger partial charge on any atom is 0.223 e. The Kier molecular flexibility index (Phi) is 5.85. The maximum absolute atomic E-state index is 13.5. The van der Waals surface area contributed by atoms with E-state index in [2.05, 4.69) is 42.3 Å². The van der Waals surface area contributed by atoms with E-state index in [0.717, 1.165) is 36.9 Å². The molecule has 2 N–H and O–H groups in total. The quantitative estimate of drug-likeness (QED) is 0.611. The van der Waals surface area contributed by atoms with Gasteiger partial charge in [-0.05, 0) is 75.8 Å². The van der Waals surface area contributed by atoms with Gasteiger partial charge in [0, 0.05) is 48.4 Å². The molecule has 2 saturated carbocycles. The molecule has 0 radical (unpaired) electrons. The molecule has 5 atom stereocenters. The minimum Gasteiger partial charge on any atom is -0.388 e. The van der Waals surface area contributed by atoms with Gasteiger partial charge >= 0.3 is 0 Å². The highest BCUT2D eigenvalue weighted by molar-refractivity contribution is 6.07. The summed E-state index contributed by atoms with van der Waals surface area (Å²) < 4.78 is 0. The number of benzene rings is 1. The van der Waals surface area contributed by atoms with Crippen LogP contribution in [0.25, 0.3) is 0 Å². The summed E-state index contributed by atoms with van der Waals surface area (Å²) in [5, 5.41) is 21.9. The third-order valence-electron chi connectivity index (χ3n) is 7.76. The van der Waals surface area contributed by atoms with Gasteiger partial charge in [-0.15, -0.1) is 0 Å². The second kappa shape index (κ2) is 8.30. The van der Waals surface area contributed by atoms with E-state index in [1.165, 1.54) is 18.4 Å². The van der Waals surface area contributed by atoms with Crippen LogP contribution >= 0.6 is 0 Å². The van der Waals surface area contributed by atoms with Crippen molar-refractivity contribution in [1.82, 2.24) is 4.90 Å². The van der Waals surface area contributed by atoms with Crippen LogP contribution in [-0.2, 0) is 4.79 Å². The lowest BCUT2D eigenvalue weighted by Crippen LogP contribution is -2.55. The summed E-state index contributed by atoms with van der Waals surface area (Å²) >= 11 is 0. The zero-order valence-corrected chi connectivity index (χ0v) is 19.4. The van der Waals surface area contributed by atoms with Crippen molar-refractivity contribution in [2.75, 3.05) is 12.4 Å². The molecule has 0 aromatic heterocycles. The highest BCUT2D eigenvalue weighted by Gasteiger charge is 2.46. The van der Waals surface area contributed by atoms with Gasteiger partial charge in [-0.2, -0.15) is 5.26 Å². The smallest absolute Gasteiger partial charge is 0.223 e. The zero-order valence-electron chi connectivity index (χ0n) is 19.4. The molecule has 2 aliphatic carbocycles. The summed E-state index contributed by atoms with van der Waals surface area (Å²) in [5.41, 5.74) is 3.47. The molecule has 2 bridgehead atoms. The van der Waals surface area contributed by atoms with Gasteiger partial charge in [0.1, 0.15) is 0 Å². The molecule has 166 valence electrons. The molecule has 1 aromatic carbocycles. The molecule has 31 heavy (non-hydrogen) atoms.